The lowest BCUT2D eigenvalue weighted by molar-refractivity contribution is -0.00375. The number of aromatic nitrogens is 1. The van der Waals surface area contributed by atoms with Crippen molar-refractivity contribution in [1.82, 2.24) is 9.88 Å². The Morgan fingerprint density at radius 3 is 2.64 bits per heavy atom. The van der Waals surface area contributed by atoms with Gasteiger partial charge in [0.1, 0.15) is 12.2 Å². The van der Waals surface area contributed by atoms with E-state index in [1.54, 1.807) is 18.2 Å². The van der Waals surface area contributed by atoms with Crippen LogP contribution in [0.2, 0.25) is 0 Å². The lowest BCUT2D eigenvalue weighted by Gasteiger charge is -2.33. The molecule has 28 heavy (non-hydrogen) atoms. The summed E-state index contributed by atoms with van der Waals surface area (Å²) < 4.78 is 17.4. The number of likely N-dealkylation sites (tertiary alicyclic amines) is 1. The lowest BCUT2D eigenvalue weighted by Crippen LogP contribution is -2.43. The second kappa shape index (κ2) is 10.2. The van der Waals surface area contributed by atoms with E-state index in [4.69, 9.17) is 14.2 Å². The van der Waals surface area contributed by atoms with Gasteiger partial charge in [0.15, 0.2) is 0 Å². The van der Waals surface area contributed by atoms with E-state index in [9.17, 15) is 4.79 Å². The molecule has 0 bridgehead atoms. The second-order valence-electron chi connectivity index (χ2n) is 7.75. The van der Waals surface area contributed by atoms with Crippen molar-refractivity contribution in [3.05, 3.63) is 28.0 Å². The van der Waals surface area contributed by atoms with E-state index in [2.05, 4.69) is 32.8 Å². The first kappa shape index (κ1) is 22.7. The summed E-state index contributed by atoms with van der Waals surface area (Å²) >= 11 is 3.51. The predicted molar refractivity (Wildman–Crippen MR) is 111 cm³/mol. The van der Waals surface area contributed by atoms with Crippen molar-refractivity contribution >= 4 is 22.0 Å². The minimum atomic E-state index is -0.469. The van der Waals surface area contributed by atoms with Crippen molar-refractivity contribution in [1.29, 1.82) is 0 Å². The number of methoxy groups -OCH3 is 1. The molecule has 0 spiro atoms. The molecule has 1 aliphatic heterocycles. The Morgan fingerprint density at radius 1 is 1.39 bits per heavy atom. The maximum Gasteiger partial charge on any atom is 0.410 e. The fourth-order valence-corrected chi connectivity index (χ4v) is 3.43. The van der Waals surface area contributed by atoms with Gasteiger partial charge in [-0.15, -0.1) is 0 Å². The van der Waals surface area contributed by atoms with Gasteiger partial charge >= 0.3 is 6.09 Å². The molecule has 1 atom stereocenters. The Labute approximate surface area is 176 Å². The first-order chi connectivity index (χ1) is 13.2. The first-order valence-corrected chi connectivity index (χ1v) is 10.3. The number of amides is 1. The van der Waals surface area contributed by atoms with Crippen LogP contribution >= 0.6 is 15.9 Å². The normalized spacial score (nSPS) is 16.3. The number of hydrogen-bond acceptors (Lipinski definition) is 5. The van der Waals surface area contributed by atoms with E-state index in [1.807, 2.05) is 33.8 Å². The molecule has 1 saturated heterocycles. The molecule has 1 aliphatic rings. The van der Waals surface area contributed by atoms with Crippen LogP contribution in [-0.4, -0.2) is 54.5 Å². The summed E-state index contributed by atoms with van der Waals surface area (Å²) in [5, 5.41) is 0. The second-order valence-corrected chi connectivity index (χ2v) is 8.60. The zero-order valence-corrected chi connectivity index (χ0v) is 18.8. The number of hydrogen-bond donors (Lipinski definition) is 0. The van der Waals surface area contributed by atoms with Crippen molar-refractivity contribution in [2.75, 3.05) is 26.8 Å². The van der Waals surface area contributed by atoms with Crippen LogP contribution in [0.1, 0.15) is 57.9 Å². The highest BCUT2D eigenvalue weighted by Crippen LogP contribution is 2.23. The Hall–Kier alpha value is -1.62. The zero-order valence-electron chi connectivity index (χ0n) is 17.3. The quantitative estimate of drug-likeness (QED) is 0.636. The molecule has 2 heterocycles. The predicted octanol–water partition coefficient (Wildman–Crippen LogP) is 4.32. The van der Waals surface area contributed by atoms with E-state index in [0.717, 1.165) is 28.6 Å². The molecule has 154 valence electrons. The molecule has 6 nitrogen and oxygen atoms in total. The molecular weight excluding hydrogens is 424 g/mol. The lowest BCUT2D eigenvalue weighted by atomic mass is 10.1. The summed E-state index contributed by atoms with van der Waals surface area (Å²) in [6, 6.07) is 1.93. The molecule has 1 aromatic heterocycles. The molecule has 0 radical (unpaired) electrons. The molecule has 0 unspecified atom stereocenters. The number of pyridine rings is 1. The third-order valence-electron chi connectivity index (χ3n) is 4.33. The highest BCUT2D eigenvalue weighted by atomic mass is 79.9. The molecule has 0 saturated carbocycles. The standard InChI is InChI=1S/C21H29BrN2O4/c1-15(26-5)19-18(22)13-16(14-23-19)7-6-12-27-17-8-10-24(11-9-17)20(25)28-21(2,3)4/h13-15,17H,8-12H2,1-5H3/t15-/m0/s1. The highest BCUT2D eigenvalue weighted by molar-refractivity contribution is 9.10. The van der Waals surface area contributed by atoms with Gasteiger partial charge in [-0.2, -0.15) is 0 Å². The summed E-state index contributed by atoms with van der Waals surface area (Å²) in [5.41, 5.74) is 1.20. The van der Waals surface area contributed by atoms with Gasteiger partial charge in [0.05, 0.1) is 17.9 Å². The van der Waals surface area contributed by atoms with E-state index < -0.39 is 5.60 Å². The number of halogens is 1. The fraction of sp³-hybridized carbons (Fsp3) is 0.619. The maximum atomic E-state index is 12.1. The largest absolute Gasteiger partial charge is 0.444 e. The smallest absolute Gasteiger partial charge is 0.410 e. The van der Waals surface area contributed by atoms with E-state index in [-0.39, 0.29) is 18.3 Å². The van der Waals surface area contributed by atoms with Crippen LogP contribution < -0.4 is 0 Å². The van der Waals surface area contributed by atoms with Crippen molar-refractivity contribution in [3.8, 4) is 11.8 Å². The number of ether oxygens (including phenoxy) is 3. The Kier molecular flexibility index (Phi) is 8.29. The molecule has 1 amide bonds. The Bertz CT molecular complexity index is 728. The van der Waals surface area contributed by atoms with E-state index in [0.29, 0.717) is 19.7 Å². The average molecular weight is 453 g/mol. The summed E-state index contributed by atoms with van der Waals surface area (Å²) in [6.07, 6.45) is 3.10. The van der Waals surface area contributed by atoms with Gasteiger partial charge in [0, 0.05) is 36.4 Å². The summed E-state index contributed by atoms with van der Waals surface area (Å²) in [5.74, 6) is 6.10. The molecule has 0 N–H and O–H groups in total. The third kappa shape index (κ3) is 7.08. The van der Waals surface area contributed by atoms with Crippen molar-refractivity contribution in [2.24, 2.45) is 0 Å². The van der Waals surface area contributed by atoms with Gasteiger partial charge in [0.2, 0.25) is 0 Å². The van der Waals surface area contributed by atoms with Gasteiger partial charge < -0.3 is 19.1 Å². The molecular formula is C21H29BrN2O4. The number of piperidine rings is 1. The molecule has 7 heteroatoms. The fourth-order valence-electron chi connectivity index (χ4n) is 2.76. The van der Waals surface area contributed by atoms with Gasteiger partial charge in [-0.3, -0.25) is 4.98 Å². The van der Waals surface area contributed by atoms with Crippen LogP contribution in [0.3, 0.4) is 0 Å². The highest BCUT2D eigenvalue weighted by Gasteiger charge is 2.26. The van der Waals surface area contributed by atoms with Gasteiger partial charge in [0.25, 0.3) is 0 Å². The minimum Gasteiger partial charge on any atom is -0.444 e. The number of rotatable bonds is 4. The zero-order chi connectivity index (χ0) is 20.7. The van der Waals surface area contributed by atoms with Gasteiger partial charge in [-0.05, 0) is 62.5 Å². The van der Waals surface area contributed by atoms with Gasteiger partial charge in [-0.25, -0.2) is 4.79 Å². The van der Waals surface area contributed by atoms with Crippen LogP contribution in [0.25, 0.3) is 0 Å². The van der Waals surface area contributed by atoms with Crippen LogP contribution in [-0.2, 0) is 14.2 Å². The van der Waals surface area contributed by atoms with Crippen molar-refractivity contribution < 1.29 is 19.0 Å². The number of carbonyl (C=O) groups excluding carboxylic acids is 1. The van der Waals surface area contributed by atoms with Crippen LogP contribution in [0.5, 0.6) is 0 Å². The monoisotopic (exact) mass is 452 g/mol. The van der Waals surface area contributed by atoms with Crippen molar-refractivity contribution in [3.63, 3.8) is 0 Å². The minimum absolute atomic E-state index is 0.0775. The molecule has 0 aliphatic carbocycles. The topological polar surface area (TPSA) is 60.9 Å². The molecule has 0 aromatic carbocycles. The van der Waals surface area contributed by atoms with E-state index >= 15 is 0 Å². The third-order valence-corrected chi connectivity index (χ3v) is 4.96. The molecule has 1 aromatic rings. The number of carbonyl (C=O) groups is 1. The van der Waals surface area contributed by atoms with Crippen molar-refractivity contribution in [2.45, 2.75) is 58.3 Å². The van der Waals surface area contributed by atoms with Crippen LogP contribution in [0.4, 0.5) is 4.79 Å². The number of nitrogens with zero attached hydrogens (tertiary/aromatic N) is 2. The molecule has 1 fully saturated rings. The summed E-state index contributed by atoms with van der Waals surface area (Å²) in [7, 11) is 1.65. The van der Waals surface area contributed by atoms with E-state index in [1.165, 1.54) is 0 Å². The van der Waals surface area contributed by atoms with Gasteiger partial charge in [-0.1, -0.05) is 11.8 Å². The summed E-state index contributed by atoms with van der Waals surface area (Å²) in [4.78, 5) is 18.2. The molecule has 2 rings (SSSR count). The SMILES string of the molecule is CO[C@@H](C)c1ncc(C#CCOC2CCN(C(=O)OC(C)(C)C)CC2)cc1Br. The van der Waals surface area contributed by atoms with Crippen LogP contribution in [0, 0.1) is 11.8 Å². The Morgan fingerprint density at radius 2 is 2.07 bits per heavy atom. The van der Waals surface area contributed by atoms with Crippen LogP contribution in [0.15, 0.2) is 16.7 Å². The summed E-state index contributed by atoms with van der Waals surface area (Å²) in [6.45, 7) is 9.20. The first-order valence-electron chi connectivity index (χ1n) is 9.46. The maximum absolute atomic E-state index is 12.1. The Balaban J connectivity index is 1.77. The average Bonchev–Trinajstić information content (AvgIpc) is 2.64.